The number of aryl methyl sites for hydroxylation is 2. The van der Waals surface area contributed by atoms with Crippen molar-refractivity contribution in [2.75, 3.05) is 0 Å². The van der Waals surface area contributed by atoms with Crippen molar-refractivity contribution in [2.24, 2.45) is 9.98 Å². The standard InChI is InChI=1S/C33H27N3.Co/c1-24-14-9-11-20-28(24)35-32(26-16-5-3-6-17-26)30-22-13-23-31(34-30)33(27-18-7-4-8-19-27)36-29-21-12-10-15-25(29)2;/h3-23H,1-2H3;. The Kier molecular flexibility index (Phi) is 8.57. The Labute approximate surface area is 228 Å². The van der Waals surface area contributed by atoms with Crippen LogP contribution in [0.15, 0.2) is 137 Å². The van der Waals surface area contributed by atoms with E-state index in [1.807, 2.05) is 91.0 Å². The first-order valence-corrected chi connectivity index (χ1v) is 12.1. The molecule has 5 aromatic rings. The first-order chi connectivity index (χ1) is 17.7. The summed E-state index contributed by atoms with van der Waals surface area (Å²) in [4.78, 5) is 15.3. The molecule has 5 rings (SSSR count). The minimum absolute atomic E-state index is 0. The predicted molar refractivity (Wildman–Crippen MR) is 150 cm³/mol. The number of pyridine rings is 1. The van der Waals surface area contributed by atoms with Crippen LogP contribution in [-0.4, -0.2) is 16.4 Å². The van der Waals surface area contributed by atoms with Gasteiger partial charge in [0.2, 0.25) is 0 Å². The molecular formula is C33H27CoN3. The van der Waals surface area contributed by atoms with E-state index in [1.54, 1.807) is 0 Å². The zero-order valence-electron chi connectivity index (χ0n) is 20.8. The van der Waals surface area contributed by atoms with Gasteiger partial charge in [-0.25, -0.2) is 15.0 Å². The molecule has 0 aliphatic carbocycles. The molecule has 0 N–H and O–H groups in total. The number of nitrogens with zero attached hydrogens (tertiary/aromatic N) is 3. The summed E-state index contributed by atoms with van der Waals surface area (Å²) in [6.45, 7) is 4.15. The van der Waals surface area contributed by atoms with Gasteiger partial charge in [0.15, 0.2) is 0 Å². The molecule has 0 aliphatic rings. The average Bonchev–Trinajstić information content (AvgIpc) is 2.93. The molecule has 1 aromatic heterocycles. The van der Waals surface area contributed by atoms with E-state index in [-0.39, 0.29) is 16.8 Å². The third-order valence-electron chi connectivity index (χ3n) is 6.02. The van der Waals surface area contributed by atoms with Crippen molar-refractivity contribution in [1.29, 1.82) is 0 Å². The van der Waals surface area contributed by atoms with E-state index in [9.17, 15) is 0 Å². The van der Waals surface area contributed by atoms with Gasteiger partial charge in [0, 0.05) is 27.9 Å². The summed E-state index contributed by atoms with van der Waals surface area (Å²) >= 11 is 0. The Morgan fingerprint density at radius 3 is 1.24 bits per heavy atom. The third-order valence-corrected chi connectivity index (χ3v) is 6.02. The van der Waals surface area contributed by atoms with Crippen LogP contribution >= 0.6 is 0 Å². The molecule has 3 nitrogen and oxygen atoms in total. The summed E-state index contributed by atoms with van der Waals surface area (Å²) in [5.74, 6) is 0. The van der Waals surface area contributed by atoms with Crippen LogP contribution in [-0.2, 0) is 16.8 Å². The van der Waals surface area contributed by atoms with Gasteiger partial charge in [-0.1, -0.05) is 103 Å². The molecule has 0 amide bonds. The molecule has 1 heterocycles. The average molecular weight is 525 g/mol. The molecule has 0 fully saturated rings. The first-order valence-electron chi connectivity index (χ1n) is 12.1. The number of aromatic nitrogens is 1. The number of hydrogen-bond donors (Lipinski definition) is 0. The van der Waals surface area contributed by atoms with Crippen LogP contribution in [0.3, 0.4) is 0 Å². The molecular weight excluding hydrogens is 497 g/mol. The Balaban J connectivity index is 0.00000320. The summed E-state index contributed by atoms with van der Waals surface area (Å²) in [5.41, 5.74) is 9.39. The molecule has 0 bridgehead atoms. The molecule has 0 unspecified atom stereocenters. The molecule has 0 atom stereocenters. The summed E-state index contributed by atoms with van der Waals surface area (Å²) in [7, 11) is 0. The quantitative estimate of drug-likeness (QED) is 0.207. The molecule has 0 aliphatic heterocycles. The largest absolute Gasteiger partial charge is 0.246 e. The summed E-state index contributed by atoms with van der Waals surface area (Å²) in [6.07, 6.45) is 0. The fraction of sp³-hybridized carbons (Fsp3) is 0.0606. The molecule has 1 radical (unpaired) electrons. The van der Waals surface area contributed by atoms with E-state index in [0.29, 0.717) is 0 Å². The molecule has 4 heteroatoms. The monoisotopic (exact) mass is 524 g/mol. The third kappa shape index (κ3) is 6.18. The minimum Gasteiger partial charge on any atom is -0.246 e. The van der Waals surface area contributed by atoms with Crippen LogP contribution in [0.5, 0.6) is 0 Å². The summed E-state index contributed by atoms with van der Waals surface area (Å²) in [6, 6.07) is 42.8. The van der Waals surface area contributed by atoms with Crippen molar-refractivity contribution in [3.05, 3.63) is 161 Å². The molecule has 0 spiro atoms. The van der Waals surface area contributed by atoms with Gasteiger partial charge >= 0.3 is 0 Å². The van der Waals surface area contributed by atoms with Crippen LogP contribution in [0.25, 0.3) is 0 Å². The molecule has 0 saturated carbocycles. The second-order valence-electron chi connectivity index (χ2n) is 8.63. The number of benzene rings is 4. The Hall–Kier alpha value is -4.12. The summed E-state index contributed by atoms with van der Waals surface area (Å²) in [5, 5.41) is 0. The second kappa shape index (κ2) is 12.2. The molecule has 183 valence electrons. The number of aliphatic imine (C=N–C) groups is 2. The topological polar surface area (TPSA) is 37.6 Å². The van der Waals surface area contributed by atoms with E-state index in [1.165, 1.54) is 0 Å². The van der Waals surface area contributed by atoms with Gasteiger partial charge in [-0.2, -0.15) is 0 Å². The van der Waals surface area contributed by atoms with Crippen LogP contribution in [0.4, 0.5) is 11.4 Å². The fourth-order valence-electron chi connectivity index (χ4n) is 4.05. The smallest absolute Gasteiger partial charge is 0.0966 e. The zero-order valence-corrected chi connectivity index (χ0v) is 21.8. The van der Waals surface area contributed by atoms with Gasteiger partial charge in [0.25, 0.3) is 0 Å². The van der Waals surface area contributed by atoms with Gasteiger partial charge in [-0.3, -0.25) is 0 Å². The Bertz CT molecular complexity index is 1430. The van der Waals surface area contributed by atoms with Gasteiger partial charge in [0.05, 0.1) is 34.2 Å². The fourth-order valence-corrected chi connectivity index (χ4v) is 4.05. The van der Waals surface area contributed by atoms with Crippen molar-refractivity contribution in [1.82, 2.24) is 4.98 Å². The van der Waals surface area contributed by atoms with Gasteiger partial charge < -0.3 is 0 Å². The summed E-state index contributed by atoms with van der Waals surface area (Å²) < 4.78 is 0. The van der Waals surface area contributed by atoms with Crippen molar-refractivity contribution in [2.45, 2.75) is 13.8 Å². The number of para-hydroxylation sites is 2. The molecule has 4 aromatic carbocycles. The van der Waals surface area contributed by atoms with E-state index in [0.717, 1.165) is 56.4 Å². The maximum absolute atomic E-state index is 5.12. The zero-order chi connectivity index (χ0) is 24.7. The van der Waals surface area contributed by atoms with Gasteiger partial charge in [0.1, 0.15) is 0 Å². The number of rotatable bonds is 6. The second-order valence-corrected chi connectivity index (χ2v) is 8.63. The van der Waals surface area contributed by atoms with Crippen molar-refractivity contribution in [3.63, 3.8) is 0 Å². The molecule has 0 saturated heterocycles. The van der Waals surface area contributed by atoms with Crippen LogP contribution in [0.1, 0.15) is 33.6 Å². The van der Waals surface area contributed by atoms with Gasteiger partial charge in [-0.15, -0.1) is 0 Å². The number of hydrogen-bond acceptors (Lipinski definition) is 3. The van der Waals surface area contributed by atoms with Crippen LogP contribution in [0.2, 0.25) is 0 Å². The van der Waals surface area contributed by atoms with Crippen molar-refractivity contribution in [3.8, 4) is 0 Å². The van der Waals surface area contributed by atoms with Crippen molar-refractivity contribution >= 4 is 22.8 Å². The maximum atomic E-state index is 5.12. The Morgan fingerprint density at radius 2 is 0.838 bits per heavy atom. The SMILES string of the molecule is Cc1ccccc1N=C(c1ccccc1)c1cccc(C(=Nc2ccccc2C)c2ccccc2)n1.[Co]. The van der Waals surface area contributed by atoms with E-state index in [2.05, 4.69) is 50.2 Å². The van der Waals surface area contributed by atoms with Crippen LogP contribution < -0.4 is 0 Å². The molecule has 37 heavy (non-hydrogen) atoms. The van der Waals surface area contributed by atoms with Crippen molar-refractivity contribution < 1.29 is 16.8 Å². The normalized spacial score (nSPS) is 11.6. The maximum Gasteiger partial charge on any atom is 0.0966 e. The van der Waals surface area contributed by atoms with E-state index >= 15 is 0 Å². The first kappa shape index (κ1) is 26.0. The minimum atomic E-state index is 0. The van der Waals surface area contributed by atoms with E-state index in [4.69, 9.17) is 15.0 Å². The van der Waals surface area contributed by atoms with E-state index < -0.39 is 0 Å². The predicted octanol–water partition coefficient (Wildman–Crippen LogP) is 8.03. The Morgan fingerprint density at radius 1 is 0.459 bits per heavy atom. The van der Waals surface area contributed by atoms with Gasteiger partial charge in [-0.05, 0) is 49.2 Å². The van der Waals surface area contributed by atoms with Crippen LogP contribution in [0, 0.1) is 13.8 Å².